The van der Waals surface area contributed by atoms with Gasteiger partial charge in [-0.05, 0) is 29.3 Å². The Morgan fingerprint density at radius 3 is 2.24 bits per heavy atom. The molecule has 0 spiro atoms. The lowest BCUT2D eigenvalue weighted by Gasteiger charge is -2.27. The van der Waals surface area contributed by atoms with Gasteiger partial charge in [0.25, 0.3) is 5.91 Å². The average Bonchev–Trinajstić information content (AvgIpc) is 3.05. The second kappa shape index (κ2) is 9.27. The van der Waals surface area contributed by atoms with Crippen LogP contribution in [0.2, 0.25) is 0 Å². The number of benzene rings is 3. The molecule has 2 N–H and O–H groups in total. The van der Waals surface area contributed by atoms with Crippen LogP contribution in [0.1, 0.15) is 28.4 Å². The highest BCUT2D eigenvalue weighted by Crippen LogP contribution is 2.33. The number of carbonyl (C=O) groups excluding carboxylic acids is 4. The number of imide groups is 1. The lowest BCUT2D eigenvalue weighted by Crippen LogP contribution is -2.46. The van der Waals surface area contributed by atoms with Gasteiger partial charge in [0.2, 0.25) is 5.91 Å². The maximum Gasteiger partial charge on any atom is 0.325 e. The summed E-state index contributed by atoms with van der Waals surface area (Å²) in [6.45, 7) is 0.660. The molecule has 3 aromatic rings. The number of carbonyl (C=O) groups is 4. The first-order valence-electron chi connectivity index (χ1n) is 10.6. The van der Waals surface area contributed by atoms with Crippen molar-refractivity contribution in [1.82, 2.24) is 10.2 Å². The van der Waals surface area contributed by atoms with E-state index >= 15 is 0 Å². The van der Waals surface area contributed by atoms with E-state index in [0.717, 1.165) is 16.5 Å². The zero-order chi connectivity index (χ0) is 24.3. The predicted molar refractivity (Wildman–Crippen MR) is 124 cm³/mol. The molecule has 1 atom stereocenters. The van der Waals surface area contributed by atoms with Gasteiger partial charge in [-0.2, -0.15) is 0 Å². The molecule has 1 fully saturated rings. The van der Waals surface area contributed by atoms with Crippen LogP contribution in [0.3, 0.4) is 0 Å². The Morgan fingerprint density at radius 2 is 1.62 bits per heavy atom. The standard InChI is InChI=1S/C26H22FN3O4/c1-17(31)28-20-12-13-21(22(27)14-20)23(32)16-30-24(33)26(29-25(30)34,19-10-6-3-7-11-19)15-18-8-4-2-5-9-18/h2-14H,15-16H2,1H3,(H,28,31)(H,29,34)/t26-/m0/s1. The zero-order valence-electron chi connectivity index (χ0n) is 18.4. The van der Waals surface area contributed by atoms with Gasteiger partial charge in [0, 0.05) is 19.0 Å². The number of amides is 4. The summed E-state index contributed by atoms with van der Waals surface area (Å²) in [7, 11) is 0. The van der Waals surface area contributed by atoms with E-state index in [4.69, 9.17) is 0 Å². The van der Waals surface area contributed by atoms with Gasteiger partial charge in [-0.3, -0.25) is 19.3 Å². The van der Waals surface area contributed by atoms with Crippen LogP contribution in [0.15, 0.2) is 78.9 Å². The zero-order valence-corrected chi connectivity index (χ0v) is 18.4. The van der Waals surface area contributed by atoms with Gasteiger partial charge >= 0.3 is 6.03 Å². The normalized spacial score (nSPS) is 17.4. The Hall–Kier alpha value is -4.33. The quantitative estimate of drug-likeness (QED) is 0.416. The fourth-order valence-electron chi connectivity index (χ4n) is 4.06. The Kier molecular flexibility index (Phi) is 6.23. The van der Waals surface area contributed by atoms with Gasteiger partial charge in [-0.25, -0.2) is 9.18 Å². The van der Waals surface area contributed by atoms with Crippen LogP contribution in [0.4, 0.5) is 14.9 Å². The van der Waals surface area contributed by atoms with Crippen LogP contribution in [0, 0.1) is 5.82 Å². The van der Waals surface area contributed by atoms with Crippen LogP contribution in [0.25, 0.3) is 0 Å². The number of urea groups is 1. The molecule has 0 aliphatic carbocycles. The van der Waals surface area contributed by atoms with Crippen molar-refractivity contribution in [3.05, 3.63) is 101 Å². The van der Waals surface area contributed by atoms with Crippen molar-refractivity contribution < 1.29 is 23.6 Å². The first kappa shape index (κ1) is 22.8. The van der Waals surface area contributed by atoms with Crippen LogP contribution in [-0.2, 0) is 21.5 Å². The van der Waals surface area contributed by atoms with Crippen LogP contribution >= 0.6 is 0 Å². The van der Waals surface area contributed by atoms with Crippen molar-refractivity contribution in [3.63, 3.8) is 0 Å². The molecule has 0 radical (unpaired) electrons. The summed E-state index contributed by atoms with van der Waals surface area (Å²) in [5, 5.41) is 5.21. The minimum absolute atomic E-state index is 0.187. The van der Waals surface area contributed by atoms with Gasteiger partial charge in [-0.15, -0.1) is 0 Å². The molecule has 1 aliphatic heterocycles. The molecule has 1 aliphatic rings. The Morgan fingerprint density at radius 1 is 0.971 bits per heavy atom. The van der Waals surface area contributed by atoms with Crippen molar-refractivity contribution in [3.8, 4) is 0 Å². The van der Waals surface area contributed by atoms with Crippen molar-refractivity contribution in [2.45, 2.75) is 18.9 Å². The van der Waals surface area contributed by atoms with E-state index in [1.165, 1.54) is 19.1 Å². The van der Waals surface area contributed by atoms with Crippen LogP contribution < -0.4 is 10.6 Å². The Balaban J connectivity index is 1.63. The molecule has 34 heavy (non-hydrogen) atoms. The Bertz CT molecular complexity index is 1260. The van der Waals surface area contributed by atoms with Crippen molar-refractivity contribution >= 4 is 29.3 Å². The number of nitrogens with one attached hydrogen (secondary N) is 2. The summed E-state index contributed by atoms with van der Waals surface area (Å²) >= 11 is 0. The van der Waals surface area contributed by atoms with E-state index in [1.54, 1.807) is 30.3 Å². The molecule has 0 bridgehead atoms. The summed E-state index contributed by atoms with van der Waals surface area (Å²) in [6.07, 6.45) is 0.187. The van der Waals surface area contributed by atoms with Crippen molar-refractivity contribution in [1.29, 1.82) is 0 Å². The van der Waals surface area contributed by atoms with E-state index in [-0.39, 0.29) is 23.6 Å². The number of nitrogens with zero attached hydrogens (tertiary/aromatic N) is 1. The highest BCUT2D eigenvalue weighted by atomic mass is 19.1. The topological polar surface area (TPSA) is 95.6 Å². The van der Waals surface area contributed by atoms with Gasteiger partial charge in [0.05, 0.1) is 12.1 Å². The maximum absolute atomic E-state index is 14.5. The minimum atomic E-state index is -1.40. The summed E-state index contributed by atoms with van der Waals surface area (Å²) < 4.78 is 14.5. The third-order valence-corrected chi connectivity index (χ3v) is 5.65. The Labute approximate surface area is 195 Å². The third kappa shape index (κ3) is 4.43. The smallest absolute Gasteiger partial charge is 0.325 e. The first-order valence-corrected chi connectivity index (χ1v) is 10.6. The molecule has 0 saturated carbocycles. The second-order valence-corrected chi connectivity index (χ2v) is 8.05. The second-order valence-electron chi connectivity index (χ2n) is 8.05. The average molecular weight is 459 g/mol. The summed E-state index contributed by atoms with van der Waals surface area (Å²) in [4.78, 5) is 51.3. The third-order valence-electron chi connectivity index (χ3n) is 5.65. The molecule has 4 amide bonds. The number of ketones is 1. The molecule has 0 aromatic heterocycles. The summed E-state index contributed by atoms with van der Waals surface area (Å²) in [6, 6.07) is 20.9. The number of rotatable bonds is 7. The minimum Gasteiger partial charge on any atom is -0.326 e. The number of Topliss-reactive ketones (excluding diaryl/α,β-unsaturated/α-hetero) is 1. The molecular weight excluding hydrogens is 437 g/mol. The molecule has 8 heteroatoms. The van der Waals surface area contributed by atoms with Gasteiger partial charge in [0.15, 0.2) is 11.3 Å². The number of anilines is 1. The number of halogens is 1. The summed E-state index contributed by atoms with van der Waals surface area (Å²) in [5.74, 6) is -2.56. The monoisotopic (exact) mass is 459 g/mol. The summed E-state index contributed by atoms with van der Waals surface area (Å²) in [5.41, 5.74) is -0.0726. The molecule has 1 heterocycles. The molecule has 1 saturated heterocycles. The number of hydrogen-bond donors (Lipinski definition) is 2. The molecule has 4 rings (SSSR count). The fourth-order valence-corrected chi connectivity index (χ4v) is 4.06. The largest absolute Gasteiger partial charge is 0.326 e. The highest BCUT2D eigenvalue weighted by Gasteiger charge is 2.52. The molecule has 0 unspecified atom stereocenters. The van der Waals surface area contributed by atoms with Gasteiger partial charge in [0.1, 0.15) is 5.82 Å². The van der Waals surface area contributed by atoms with Crippen LogP contribution in [-0.4, -0.2) is 35.1 Å². The van der Waals surface area contributed by atoms with E-state index < -0.39 is 35.6 Å². The molecule has 172 valence electrons. The lowest BCUT2D eigenvalue weighted by molar-refractivity contribution is -0.131. The number of hydrogen-bond acceptors (Lipinski definition) is 4. The predicted octanol–water partition coefficient (Wildman–Crippen LogP) is 3.66. The molecule has 7 nitrogen and oxygen atoms in total. The van der Waals surface area contributed by atoms with E-state index in [9.17, 15) is 23.6 Å². The van der Waals surface area contributed by atoms with E-state index in [0.29, 0.717) is 5.56 Å². The van der Waals surface area contributed by atoms with Crippen molar-refractivity contribution in [2.24, 2.45) is 0 Å². The lowest BCUT2D eigenvalue weighted by atomic mass is 9.83. The van der Waals surface area contributed by atoms with E-state index in [1.807, 2.05) is 30.3 Å². The van der Waals surface area contributed by atoms with Gasteiger partial charge in [-0.1, -0.05) is 60.7 Å². The van der Waals surface area contributed by atoms with E-state index in [2.05, 4.69) is 10.6 Å². The van der Waals surface area contributed by atoms with Gasteiger partial charge < -0.3 is 10.6 Å². The van der Waals surface area contributed by atoms with Crippen LogP contribution in [0.5, 0.6) is 0 Å². The highest BCUT2D eigenvalue weighted by molar-refractivity contribution is 6.11. The fraction of sp³-hybridized carbons (Fsp3) is 0.154. The maximum atomic E-state index is 14.5. The molecule has 3 aromatic carbocycles. The molecular formula is C26H22FN3O4. The first-order chi connectivity index (χ1) is 16.3. The SMILES string of the molecule is CC(=O)Nc1ccc(C(=O)CN2C(=O)N[C@@](Cc3ccccc3)(c3ccccc3)C2=O)c(F)c1. The van der Waals surface area contributed by atoms with Crippen molar-refractivity contribution in [2.75, 3.05) is 11.9 Å².